The maximum Gasteiger partial charge on any atom is 0.240 e. The number of rotatable bonds is 5. The number of amides is 2. The van der Waals surface area contributed by atoms with Crippen LogP contribution in [0.1, 0.15) is 60.8 Å². The van der Waals surface area contributed by atoms with Gasteiger partial charge in [-0.3, -0.25) is 9.59 Å². The molecule has 2 amide bonds. The van der Waals surface area contributed by atoms with Crippen molar-refractivity contribution in [2.75, 3.05) is 0 Å². The number of hydrazone groups is 2. The molecule has 0 saturated heterocycles. The van der Waals surface area contributed by atoms with Crippen molar-refractivity contribution in [3.63, 3.8) is 0 Å². The molecule has 0 radical (unpaired) electrons. The van der Waals surface area contributed by atoms with Crippen LogP contribution in [0.25, 0.3) is 0 Å². The molecule has 154 valence electrons. The quantitative estimate of drug-likeness (QED) is 0.751. The predicted molar refractivity (Wildman–Crippen MR) is 117 cm³/mol. The third-order valence-corrected chi connectivity index (χ3v) is 5.59. The summed E-state index contributed by atoms with van der Waals surface area (Å²) in [5, 5.41) is 8.61. The molecule has 0 aromatic heterocycles. The van der Waals surface area contributed by atoms with Gasteiger partial charge in [-0.25, -0.2) is 10.9 Å². The molecule has 0 atom stereocenters. The van der Waals surface area contributed by atoms with E-state index in [2.05, 4.69) is 33.2 Å². The van der Waals surface area contributed by atoms with Gasteiger partial charge in [0, 0.05) is 24.0 Å². The first kappa shape index (κ1) is 20.0. The van der Waals surface area contributed by atoms with Gasteiger partial charge in [0.25, 0.3) is 0 Å². The van der Waals surface area contributed by atoms with E-state index in [4.69, 9.17) is 0 Å². The number of nitrogens with zero attached hydrogens (tertiary/aromatic N) is 2. The number of hydrogen-bond donors (Lipinski definition) is 2. The van der Waals surface area contributed by atoms with Crippen LogP contribution in [0.3, 0.4) is 0 Å². The van der Waals surface area contributed by atoms with Gasteiger partial charge < -0.3 is 0 Å². The van der Waals surface area contributed by atoms with Crippen LogP contribution in [0.2, 0.25) is 0 Å². The molecule has 2 aromatic carbocycles. The number of benzene rings is 2. The van der Waals surface area contributed by atoms with Crippen LogP contribution in [0.5, 0.6) is 0 Å². The van der Waals surface area contributed by atoms with Crippen LogP contribution in [-0.4, -0.2) is 23.2 Å². The highest BCUT2D eigenvalue weighted by molar-refractivity contribution is 6.04. The largest absolute Gasteiger partial charge is 0.273 e. The minimum Gasteiger partial charge on any atom is -0.273 e. The third kappa shape index (κ3) is 4.82. The highest BCUT2D eigenvalue weighted by atomic mass is 16.2. The summed E-state index contributed by atoms with van der Waals surface area (Å²) in [6.45, 7) is 0. The highest BCUT2D eigenvalue weighted by Gasteiger charge is 2.16. The van der Waals surface area contributed by atoms with Gasteiger partial charge in [-0.15, -0.1) is 0 Å². The Kier molecular flexibility index (Phi) is 6.32. The van der Waals surface area contributed by atoms with Crippen LogP contribution in [0.15, 0.2) is 58.7 Å². The van der Waals surface area contributed by atoms with E-state index in [0.717, 1.165) is 61.1 Å². The van der Waals surface area contributed by atoms with E-state index in [1.807, 2.05) is 36.4 Å². The van der Waals surface area contributed by atoms with Crippen molar-refractivity contribution in [2.24, 2.45) is 10.2 Å². The van der Waals surface area contributed by atoms with E-state index in [-0.39, 0.29) is 24.7 Å². The second-order valence-electron chi connectivity index (χ2n) is 7.71. The second-order valence-corrected chi connectivity index (χ2v) is 7.71. The summed E-state index contributed by atoms with van der Waals surface area (Å²) in [5.74, 6) is -0.535. The van der Waals surface area contributed by atoms with Crippen molar-refractivity contribution in [2.45, 2.75) is 51.4 Å². The Morgan fingerprint density at radius 3 is 1.57 bits per heavy atom. The normalized spacial score (nSPS) is 17.9. The third-order valence-electron chi connectivity index (χ3n) is 5.59. The fraction of sp³-hybridized carbons (Fsp3) is 0.333. The molecule has 4 rings (SSSR count). The molecule has 0 fully saturated rings. The van der Waals surface area contributed by atoms with Gasteiger partial charge >= 0.3 is 0 Å². The van der Waals surface area contributed by atoms with E-state index < -0.39 is 0 Å². The van der Waals surface area contributed by atoms with Crippen LogP contribution in [-0.2, 0) is 22.4 Å². The van der Waals surface area contributed by atoms with Gasteiger partial charge in [0.2, 0.25) is 11.8 Å². The molecule has 6 nitrogen and oxygen atoms in total. The van der Waals surface area contributed by atoms with Gasteiger partial charge in [-0.05, 0) is 49.7 Å². The van der Waals surface area contributed by atoms with Crippen molar-refractivity contribution in [3.05, 3.63) is 70.8 Å². The lowest BCUT2D eigenvalue weighted by Crippen LogP contribution is -2.25. The van der Waals surface area contributed by atoms with Gasteiger partial charge in [0.15, 0.2) is 0 Å². The van der Waals surface area contributed by atoms with Crippen LogP contribution >= 0.6 is 0 Å². The van der Waals surface area contributed by atoms with Crippen molar-refractivity contribution >= 4 is 23.2 Å². The van der Waals surface area contributed by atoms with E-state index in [1.54, 1.807) is 0 Å². The zero-order chi connectivity index (χ0) is 20.8. The standard InChI is InChI=1S/C24H26N4O2/c29-23(27-25-21-13-5-9-17-7-1-3-11-19(17)21)15-16-24(30)28-26-22-14-6-10-18-8-2-4-12-20(18)22/h1-4,7-8,11-12H,5-6,9-10,13-16H2,(H,27,29)(H,28,30)/b25-21+,26-22+. The molecular formula is C24H26N4O2. The van der Waals surface area contributed by atoms with Crippen LogP contribution in [0.4, 0.5) is 0 Å². The summed E-state index contributed by atoms with van der Waals surface area (Å²) in [5.41, 5.74) is 11.7. The zero-order valence-electron chi connectivity index (χ0n) is 17.0. The predicted octanol–water partition coefficient (Wildman–Crippen LogP) is 3.48. The van der Waals surface area contributed by atoms with Crippen molar-refractivity contribution in [1.29, 1.82) is 0 Å². The molecule has 6 heteroatoms. The molecule has 2 N–H and O–H groups in total. The van der Waals surface area contributed by atoms with Gasteiger partial charge in [0.1, 0.15) is 0 Å². The minimum atomic E-state index is -0.267. The van der Waals surface area contributed by atoms with E-state index >= 15 is 0 Å². The smallest absolute Gasteiger partial charge is 0.240 e. The van der Waals surface area contributed by atoms with E-state index in [9.17, 15) is 9.59 Å². The average molecular weight is 402 g/mol. The molecule has 0 heterocycles. The summed E-state index contributed by atoms with van der Waals surface area (Å²) in [6, 6.07) is 16.3. The number of fused-ring (bicyclic) bond motifs is 2. The minimum absolute atomic E-state index is 0.0751. The molecule has 0 unspecified atom stereocenters. The molecule has 30 heavy (non-hydrogen) atoms. The lowest BCUT2D eigenvalue weighted by atomic mass is 9.90. The van der Waals surface area contributed by atoms with Crippen molar-refractivity contribution in [1.82, 2.24) is 10.9 Å². The Hall–Kier alpha value is -3.28. The maximum absolute atomic E-state index is 12.1. The van der Waals surface area contributed by atoms with Crippen molar-refractivity contribution < 1.29 is 9.59 Å². The Morgan fingerprint density at radius 1 is 0.667 bits per heavy atom. The first-order chi connectivity index (χ1) is 14.7. The first-order valence-electron chi connectivity index (χ1n) is 10.6. The zero-order valence-corrected chi connectivity index (χ0v) is 17.0. The monoisotopic (exact) mass is 402 g/mol. The summed E-state index contributed by atoms with van der Waals surface area (Å²) in [7, 11) is 0. The highest BCUT2D eigenvalue weighted by Crippen LogP contribution is 2.22. The molecule has 2 aromatic rings. The number of carbonyl (C=O) groups excluding carboxylic acids is 2. The molecule has 0 saturated carbocycles. The Bertz CT molecular complexity index is 928. The number of nitrogens with one attached hydrogen (secondary N) is 2. The fourth-order valence-corrected chi connectivity index (χ4v) is 4.03. The number of hydrogen-bond acceptors (Lipinski definition) is 4. The van der Waals surface area contributed by atoms with Crippen LogP contribution < -0.4 is 10.9 Å². The van der Waals surface area contributed by atoms with Crippen LogP contribution in [0, 0.1) is 0 Å². The summed E-state index contributed by atoms with van der Waals surface area (Å²) in [4.78, 5) is 24.3. The van der Waals surface area contributed by atoms with Gasteiger partial charge in [-0.1, -0.05) is 48.5 Å². The Morgan fingerprint density at radius 2 is 1.10 bits per heavy atom. The van der Waals surface area contributed by atoms with E-state index in [1.165, 1.54) is 11.1 Å². The number of carbonyl (C=O) groups is 2. The lowest BCUT2D eigenvalue weighted by molar-refractivity contribution is -0.126. The lowest BCUT2D eigenvalue weighted by Gasteiger charge is -2.17. The Labute approximate surface area is 176 Å². The summed E-state index contributed by atoms with van der Waals surface area (Å²) >= 11 is 0. The molecule has 0 bridgehead atoms. The van der Waals surface area contributed by atoms with Gasteiger partial charge in [-0.2, -0.15) is 10.2 Å². The second kappa shape index (κ2) is 9.48. The fourth-order valence-electron chi connectivity index (χ4n) is 4.03. The molecule has 0 aliphatic heterocycles. The first-order valence-corrected chi connectivity index (χ1v) is 10.6. The SMILES string of the molecule is O=C(CCC(=O)N/N=C1\CCCc2ccccc21)N/N=C1\CCCc2ccccc21. The molecule has 0 spiro atoms. The van der Waals surface area contributed by atoms with E-state index in [0.29, 0.717) is 0 Å². The summed E-state index contributed by atoms with van der Waals surface area (Å²) < 4.78 is 0. The van der Waals surface area contributed by atoms with Crippen molar-refractivity contribution in [3.8, 4) is 0 Å². The summed E-state index contributed by atoms with van der Waals surface area (Å²) in [6.07, 6.45) is 5.96. The average Bonchev–Trinajstić information content (AvgIpc) is 2.80. The van der Waals surface area contributed by atoms with Gasteiger partial charge in [0.05, 0.1) is 11.4 Å². The topological polar surface area (TPSA) is 82.9 Å². The Balaban J connectivity index is 1.28. The molecule has 2 aliphatic rings. The number of aryl methyl sites for hydroxylation is 2. The molecule has 2 aliphatic carbocycles. The molecular weight excluding hydrogens is 376 g/mol. The maximum atomic E-state index is 12.1.